The highest BCUT2D eigenvalue weighted by molar-refractivity contribution is 5.82. The van der Waals surface area contributed by atoms with E-state index in [1.54, 1.807) is 7.11 Å². The first-order chi connectivity index (χ1) is 10.1. The lowest BCUT2D eigenvalue weighted by Crippen LogP contribution is -2.51. The van der Waals surface area contributed by atoms with E-state index >= 15 is 0 Å². The van der Waals surface area contributed by atoms with Crippen LogP contribution in [-0.2, 0) is 19.1 Å². The first-order valence-corrected chi connectivity index (χ1v) is 7.47. The van der Waals surface area contributed by atoms with E-state index in [1.807, 2.05) is 4.90 Å². The summed E-state index contributed by atoms with van der Waals surface area (Å²) in [6, 6.07) is 0.00884. The Hall–Kier alpha value is -1.18. The summed E-state index contributed by atoms with van der Waals surface area (Å²) in [6.07, 6.45) is 2.45. The fraction of sp³-hybridized carbons (Fsp3) is 0.857. The van der Waals surface area contributed by atoms with Crippen LogP contribution in [0.1, 0.15) is 19.3 Å². The van der Waals surface area contributed by atoms with Gasteiger partial charge in [-0.3, -0.25) is 9.59 Å². The molecular weight excluding hydrogens is 274 g/mol. The maximum Gasteiger partial charge on any atom is 0.246 e. The quantitative estimate of drug-likeness (QED) is 0.689. The van der Waals surface area contributed by atoms with Gasteiger partial charge in [0.15, 0.2) is 0 Å². The number of amides is 2. The molecule has 2 N–H and O–H groups in total. The predicted molar refractivity (Wildman–Crippen MR) is 76.8 cm³/mol. The van der Waals surface area contributed by atoms with Gasteiger partial charge in [-0.1, -0.05) is 0 Å². The number of nitrogens with zero attached hydrogens (tertiary/aromatic N) is 1. The van der Waals surface area contributed by atoms with E-state index in [2.05, 4.69) is 10.6 Å². The van der Waals surface area contributed by atoms with Gasteiger partial charge in [0.25, 0.3) is 0 Å². The summed E-state index contributed by atoms with van der Waals surface area (Å²) in [6.45, 7) is 2.19. The van der Waals surface area contributed by atoms with E-state index in [0.29, 0.717) is 13.1 Å². The number of ether oxygens (including phenoxy) is 2. The van der Waals surface area contributed by atoms with E-state index in [9.17, 15) is 9.59 Å². The van der Waals surface area contributed by atoms with Gasteiger partial charge in [-0.15, -0.1) is 0 Å². The molecule has 0 aromatic carbocycles. The van der Waals surface area contributed by atoms with Crippen LogP contribution in [0.25, 0.3) is 0 Å². The zero-order valence-electron chi connectivity index (χ0n) is 12.8. The van der Waals surface area contributed by atoms with Crippen molar-refractivity contribution in [3.63, 3.8) is 0 Å². The Morgan fingerprint density at radius 3 is 2.57 bits per heavy atom. The number of carbonyl (C=O) groups excluding carboxylic acids is 2. The Labute approximate surface area is 125 Å². The van der Waals surface area contributed by atoms with E-state index in [1.165, 1.54) is 7.11 Å². The third kappa shape index (κ3) is 4.39. The van der Waals surface area contributed by atoms with Crippen molar-refractivity contribution in [1.29, 1.82) is 0 Å². The molecule has 2 unspecified atom stereocenters. The van der Waals surface area contributed by atoms with Crippen LogP contribution in [0, 0.1) is 0 Å². The minimum Gasteiger partial charge on any atom is -0.380 e. The first-order valence-electron chi connectivity index (χ1n) is 7.47. The van der Waals surface area contributed by atoms with Crippen LogP contribution in [0.15, 0.2) is 0 Å². The van der Waals surface area contributed by atoms with Crippen molar-refractivity contribution in [3.05, 3.63) is 0 Å². The lowest BCUT2D eigenvalue weighted by atomic mass is 10.0. The van der Waals surface area contributed by atoms with Gasteiger partial charge in [0.1, 0.15) is 6.61 Å². The summed E-state index contributed by atoms with van der Waals surface area (Å²) in [5.74, 6) is 0.0545. The SMILES string of the molecule is COCC(=O)NC1CCN(C(=O)C2CC(OC)CN2)CC1. The third-order valence-electron chi connectivity index (χ3n) is 4.17. The van der Waals surface area contributed by atoms with Crippen molar-refractivity contribution >= 4 is 11.8 Å². The highest BCUT2D eigenvalue weighted by atomic mass is 16.5. The summed E-state index contributed by atoms with van der Waals surface area (Å²) in [7, 11) is 3.18. The molecule has 2 rings (SSSR count). The number of rotatable bonds is 5. The average molecular weight is 299 g/mol. The summed E-state index contributed by atoms with van der Waals surface area (Å²) in [5, 5.41) is 6.14. The van der Waals surface area contributed by atoms with Crippen LogP contribution >= 0.6 is 0 Å². The van der Waals surface area contributed by atoms with E-state index < -0.39 is 0 Å². The Kier molecular flexibility index (Phi) is 5.96. The Balaban J connectivity index is 1.73. The number of nitrogens with one attached hydrogen (secondary N) is 2. The molecule has 0 aromatic heterocycles. The monoisotopic (exact) mass is 299 g/mol. The molecule has 0 saturated carbocycles. The third-order valence-corrected chi connectivity index (χ3v) is 4.17. The molecule has 0 radical (unpaired) electrons. The second-order valence-corrected chi connectivity index (χ2v) is 5.65. The summed E-state index contributed by atoms with van der Waals surface area (Å²) in [4.78, 5) is 25.7. The number of carbonyl (C=O) groups is 2. The molecule has 2 aliphatic heterocycles. The summed E-state index contributed by atoms with van der Waals surface area (Å²) in [5.41, 5.74) is 0. The van der Waals surface area contributed by atoms with Gasteiger partial charge in [-0.05, 0) is 19.3 Å². The average Bonchev–Trinajstić information content (AvgIpc) is 2.96. The lowest BCUT2D eigenvalue weighted by Gasteiger charge is -2.33. The smallest absolute Gasteiger partial charge is 0.246 e. The molecule has 7 nitrogen and oxygen atoms in total. The number of hydrogen-bond acceptors (Lipinski definition) is 5. The maximum atomic E-state index is 12.4. The van der Waals surface area contributed by atoms with E-state index in [4.69, 9.17) is 9.47 Å². The zero-order valence-corrected chi connectivity index (χ0v) is 12.8. The normalized spacial score (nSPS) is 26.9. The van der Waals surface area contributed by atoms with Crippen LogP contribution in [0.4, 0.5) is 0 Å². The van der Waals surface area contributed by atoms with Gasteiger partial charge >= 0.3 is 0 Å². The molecule has 21 heavy (non-hydrogen) atoms. The minimum atomic E-state index is -0.130. The van der Waals surface area contributed by atoms with Gasteiger partial charge in [-0.2, -0.15) is 0 Å². The number of piperidine rings is 1. The van der Waals surface area contributed by atoms with Gasteiger partial charge in [-0.25, -0.2) is 0 Å². The summed E-state index contributed by atoms with van der Waals surface area (Å²) < 4.78 is 10.1. The van der Waals surface area contributed by atoms with Crippen molar-refractivity contribution in [2.45, 2.75) is 37.5 Å². The Morgan fingerprint density at radius 1 is 1.29 bits per heavy atom. The second-order valence-electron chi connectivity index (χ2n) is 5.65. The molecular formula is C14H25N3O4. The molecule has 0 aromatic rings. The van der Waals surface area contributed by atoms with E-state index in [0.717, 1.165) is 25.8 Å². The van der Waals surface area contributed by atoms with Crippen LogP contribution in [0.3, 0.4) is 0 Å². The van der Waals surface area contributed by atoms with Crippen LogP contribution < -0.4 is 10.6 Å². The standard InChI is InChI=1S/C14H25N3O4/c1-20-9-13(18)16-10-3-5-17(6-4-10)14(19)12-7-11(21-2)8-15-12/h10-12,15H,3-9H2,1-2H3,(H,16,18). The molecule has 2 fully saturated rings. The molecule has 2 saturated heterocycles. The minimum absolute atomic E-state index is 0.0869. The van der Waals surface area contributed by atoms with E-state index in [-0.39, 0.29) is 36.6 Å². The molecule has 2 amide bonds. The first kappa shape index (κ1) is 16.2. The molecule has 2 aliphatic rings. The zero-order chi connectivity index (χ0) is 15.2. The molecule has 2 heterocycles. The van der Waals surface area contributed by atoms with Gasteiger partial charge in [0.05, 0.1) is 12.1 Å². The highest BCUT2D eigenvalue weighted by Crippen LogP contribution is 2.16. The van der Waals surface area contributed by atoms with Gasteiger partial charge < -0.3 is 25.0 Å². The fourth-order valence-electron chi connectivity index (χ4n) is 2.94. The highest BCUT2D eigenvalue weighted by Gasteiger charge is 2.33. The molecule has 2 atom stereocenters. The van der Waals surface area contributed by atoms with Crippen molar-refractivity contribution in [2.24, 2.45) is 0 Å². The van der Waals surface area contributed by atoms with Crippen LogP contribution in [0.5, 0.6) is 0 Å². The molecule has 0 bridgehead atoms. The van der Waals surface area contributed by atoms with Gasteiger partial charge in [0, 0.05) is 39.9 Å². The molecule has 0 aliphatic carbocycles. The van der Waals surface area contributed by atoms with Crippen molar-refractivity contribution in [3.8, 4) is 0 Å². The second kappa shape index (κ2) is 7.72. The number of likely N-dealkylation sites (tertiary alicyclic amines) is 1. The molecule has 0 spiro atoms. The predicted octanol–water partition coefficient (Wildman–Crippen LogP) is -0.883. The largest absolute Gasteiger partial charge is 0.380 e. The topological polar surface area (TPSA) is 79.9 Å². The number of hydrogen-bond donors (Lipinski definition) is 2. The van der Waals surface area contributed by atoms with Crippen LogP contribution in [-0.4, -0.2) is 75.4 Å². The Morgan fingerprint density at radius 2 is 2.00 bits per heavy atom. The maximum absolute atomic E-state index is 12.4. The fourth-order valence-corrected chi connectivity index (χ4v) is 2.94. The lowest BCUT2D eigenvalue weighted by molar-refractivity contribution is -0.134. The molecule has 7 heteroatoms. The summed E-state index contributed by atoms with van der Waals surface area (Å²) >= 11 is 0. The Bertz CT molecular complexity index is 369. The van der Waals surface area contributed by atoms with Gasteiger partial charge in [0.2, 0.25) is 11.8 Å². The van der Waals surface area contributed by atoms with Crippen molar-refractivity contribution in [1.82, 2.24) is 15.5 Å². The number of methoxy groups -OCH3 is 2. The van der Waals surface area contributed by atoms with Crippen LogP contribution in [0.2, 0.25) is 0 Å². The molecule has 120 valence electrons. The van der Waals surface area contributed by atoms with Crippen molar-refractivity contribution in [2.75, 3.05) is 40.5 Å². The van der Waals surface area contributed by atoms with Crippen molar-refractivity contribution < 1.29 is 19.1 Å².